The normalized spacial score (nSPS) is 10.7. The fraction of sp³-hybridized carbons (Fsp3) is 0.167. The van der Waals surface area contributed by atoms with Crippen molar-refractivity contribution in [2.45, 2.75) is 19.9 Å². The second kappa shape index (κ2) is 5.83. The molecule has 3 nitrogen and oxygen atoms in total. The molecular formula is C18H19N3. The van der Waals surface area contributed by atoms with Crippen LogP contribution in [0.15, 0.2) is 60.8 Å². The molecule has 106 valence electrons. The number of benzene rings is 2. The van der Waals surface area contributed by atoms with Gasteiger partial charge in [-0.3, -0.25) is 4.68 Å². The van der Waals surface area contributed by atoms with Crippen molar-refractivity contribution in [3.05, 3.63) is 71.9 Å². The highest BCUT2D eigenvalue weighted by Gasteiger charge is 2.08. The van der Waals surface area contributed by atoms with Gasteiger partial charge >= 0.3 is 0 Å². The van der Waals surface area contributed by atoms with E-state index in [0.29, 0.717) is 0 Å². The number of hydrogen-bond acceptors (Lipinski definition) is 2. The van der Waals surface area contributed by atoms with Crippen LogP contribution in [0.1, 0.15) is 18.1 Å². The molecule has 0 unspecified atom stereocenters. The van der Waals surface area contributed by atoms with E-state index in [1.165, 1.54) is 11.1 Å². The lowest BCUT2D eigenvalue weighted by atomic mass is 10.1. The summed E-state index contributed by atoms with van der Waals surface area (Å²) in [4.78, 5) is 0. The summed E-state index contributed by atoms with van der Waals surface area (Å²) >= 11 is 0. The summed E-state index contributed by atoms with van der Waals surface area (Å²) in [5.74, 6) is 0. The third-order valence-electron chi connectivity index (χ3n) is 3.61. The number of nitrogens with zero attached hydrogens (tertiary/aromatic N) is 2. The van der Waals surface area contributed by atoms with Gasteiger partial charge < -0.3 is 5.73 Å². The van der Waals surface area contributed by atoms with Gasteiger partial charge in [-0.05, 0) is 17.5 Å². The number of aromatic nitrogens is 2. The molecule has 21 heavy (non-hydrogen) atoms. The quantitative estimate of drug-likeness (QED) is 0.789. The van der Waals surface area contributed by atoms with Crippen LogP contribution in [0.2, 0.25) is 0 Å². The molecule has 0 amide bonds. The maximum absolute atomic E-state index is 6.11. The highest BCUT2D eigenvalue weighted by atomic mass is 15.3. The van der Waals surface area contributed by atoms with E-state index in [9.17, 15) is 0 Å². The van der Waals surface area contributed by atoms with E-state index in [4.69, 9.17) is 5.73 Å². The third kappa shape index (κ3) is 2.97. The Hall–Kier alpha value is -2.55. The van der Waals surface area contributed by atoms with Gasteiger partial charge in [-0.25, -0.2) is 0 Å². The topological polar surface area (TPSA) is 43.8 Å². The average Bonchev–Trinajstić information content (AvgIpc) is 2.89. The molecule has 3 rings (SSSR count). The SMILES string of the molecule is CCc1ccc(-c2nn(Cc3ccccc3)cc2N)cc1. The number of anilines is 1. The van der Waals surface area contributed by atoms with Crippen molar-refractivity contribution < 1.29 is 0 Å². The molecule has 2 N–H and O–H groups in total. The highest BCUT2D eigenvalue weighted by Crippen LogP contribution is 2.24. The molecule has 0 saturated carbocycles. The van der Waals surface area contributed by atoms with Gasteiger partial charge in [0.1, 0.15) is 5.69 Å². The molecule has 0 saturated heterocycles. The zero-order valence-corrected chi connectivity index (χ0v) is 12.2. The molecule has 1 aromatic heterocycles. The van der Waals surface area contributed by atoms with Crippen molar-refractivity contribution >= 4 is 5.69 Å². The molecule has 0 aliphatic rings. The van der Waals surface area contributed by atoms with Gasteiger partial charge in [-0.2, -0.15) is 5.10 Å². The molecule has 0 fully saturated rings. The molecule has 0 atom stereocenters. The van der Waals surface area contributed by atoms with Gasteiger partial charge in [0.05, 0.1) is 12.2 Å². The summed E-state index contributed by atoms with van der Waals surface area (Å²) in [6.07, 6.45) is 2.94. The molecule has 1 heterocycles. The lowest BCUT2D eigenvalue weighted by molar-refractivity contribution is 0.689. The third-order valence-corrected chi connectivity index (χ3v) is 3.61. The van der Waals surface area contributed by atoms with Gasteiger partial charge in [-0.1, -0.05) is 61.5 Å². The number of rotatable bonds is 4. The lowest BCUT2D eigenvalue weighted by Gasteiger charge is -2.02. The molecule has 0 spiro atoms. The molecule has 0 radical (unpaired) electrons. The first-order chi connectivity index (χ1) is 10.3. The Bertz CT molecular complexity index is 712. The number of aryl methyl sites for hydroxylation is 1. The van der Waals surface area contributed by atoms with Crippen LogP contribution in [0, 0.1) is 0 Å². The van der Waals surface area contributed by atoms with Crippen LogP contribution in [0.25, 0.3) is 11.3 Å². The minimum absolute atomic E-state index is 0.718. The fourth-order valence-corrected chi connectivity index (χ4v) is 2.41. The van der Waals surface area contributed by atoms with E-state index in [0.717, 1.165) is 29.9 Å². The standard InChI is InChI=1S/C18H19N3/c1-2-14-8-10-16(11-9-14)18-17(19)13-21(20-18)12-15-6-4-3-5-7-15/h3-11,13H,2,12,19H2,1H3. The van der Waals surface area contributed by atoms with Crippen molar-refractivity contribution in [1.29, 1.82) is 0 Å². The van der Waals surface area contributed by atoms with E-state index in [1.807, 2.05) is 29.1 Å². The summed E-state index contributed by atoms with van der Waals surface area (Å²) in [5.41, 5.74) is 11.3. The first kappa shape index (κ1) is 13.4. The average molecular weight is 277 g/mol. The Morgan fingerprint density at radius 3 is 2.33 bits per heavy atom. The Kier molecular flexibility index (Phi) is 3.73. The maximum Gasteiger partial charge on any atom is 0.115 e. The Morgan fingerprint density at radius 1 is 0.952 bits per heavy atom. The zero-order chi connectivity index (χ0) is 14.7. The van der Waals surface area contributed by atoms with Gasteiger partial charge in [0.2, 0.25) is 0 Å². The number of nitrogens with two attached hydrogens (primary N) is 1. The minimum Gasteiger partial charge on any atom is -0.396 e. The van der Waals surface area contributed by atoms with Crippen LogP contribution in [0.5, 0.6) is 0 Å². The zero-order valence-electron chi connectivity index (χ0n) is 12.2. The van der Waals surface area contributed by atoms with Crippen molar-refractivity contribution in [2.75, 3.05) is 5.73 Å². The van der Waals surface area contributed by atoms with E-state index in [2.05, 4.69) is 48.4 Å². The Morgan fingerprint density at radius 2 is 1.67 bits per heavy atom. The Balaban J connectivity index is 1.86. The van der Waals surface area contributed by atoms with Gasteiger partial charge in [0.15, 0.2) is 0 Å². The summed E-state index contributed by atoms with van der Waals surface area (Å²) in [6.45, 7) is 2.88. The van der Waals surface area contributed by atoms with Crippen LogP contribution in [0.3, 0.4) is 0 Å². The monoisotopic (exact) mass is 277 g/mol. The highest BCUT2D eigenvalue weighted by molar-refractivity contribution is 5.72. The summed E-state index contributed by atoms with van der Waals surface area (Å²) < 4.78 is 1.90. The van der Waals surface area contributed by atoms with E-state index >= 15 is 0 Å². The van der Waals surface area contributed by atoms with Crippen LogP contribution in [-0.2, 0) is 13.0 Å². The van der Waals surface area contributed by atoms with E-state index in [1.54, 1.807) is 0 Å². The molecule has 0 aliphatic heterocycles. The molecule has 3 heteroatoms. The first-order valence-electron chi connectivity index (χ1n) is 7.22. The summed E-state index contributed by atoms with van der Waals surface area (Å²) in [5, 5.41) is 4.62. The molecule has 0 bridgehead atoms. The first-order valence-corrected chi connectivity index (χ1v) is 7.22. The van der Waals surface area contributed by atoms with Crippen molar-refractivity contribution in [1.82, 2.24) is 9.78 Å². The second-order valence-electron chi connectivity index (χ2n) is 5.17. The number of hydrogen-bond donors (Lipinski definition) is 1. The van der Waals surface area contributed by atoms with Crippen molar-refractivity contribution in [3.8, 4) is 11.3 Å². The predicted octanol–water partition coefficient (Wildman–Crippen LogP) is 3.74. The van der Waals surface area contributed by atoms with Crippen LogP contribution in [0.4, 0.5) is 5.69 Å². The minimum atomic E-state index is 0.718. The van der Waals surface area contributed by atoms with Crippen molar-refractivity contribution in [3.63, 3.8) is 0 Å². The number of nitrogen functional groups attached to an aromatic ring is 1. The smallest absolute Gasteiger partial charge is 0.115 e. The maximum atomic E-state index is 6.11. The van der Waals surface area contributed by atoms with Crippen LogP contribution >= 0.6 is 0 Å². The molecule has 2 aromatic carbocycles. The van der Waals surface area contributed by atoms with Gasteiger partial charge in [0, 0.05) is 11.8 Å². The van der Waals surface area contributed by atoms with Crippen LogP contribution in [-0.4, -0.2) is 9.78 Å². The summed E-state index contributed by atoms with van der Waals surface area (Å²) in [7, 11) is 0. The molecule has 0 aliphatic carbocycles. The van der Waals surface area contributed by atoms with E-state index < -0.39 is 0 Å². The predicted molar refractivity (Wildman–Crippen MR) is 87.0 cm³/mol. The van der Waals surface area contributed by atoms with Gasteiger partial charge in [-0.15, -0.1) is 0 Å². The fourth-order valence-electron chi connectivity index (χ4n) is 2.41. The Labute approximate surface area is 125 Å². The second-order valence-corrected chi connectivity index (χ2v) is 5.17. The molecule has 3 aromatic rings. The molecular weight excluding hydrogens is 258 g/mol. The summed E-state index contributed by atoms with van der Waals surface area (Å²) in [6, 6.07) is 18.7. The van der Waals surface area contributed by atoms with Crippen LogP contribution < -0.4 is 5.73 Å². The van der Waals surface area contributed by atoms with Gasteiger partial charge in [0.25, 0.3) is 0 Å². The largest absolute Gasteiger partial charge is 0.396 e. The lowest BCUT2D eigenvalue weighted by Crippen LogP contribution is -2.00. The van der Waals surface area contributed by atoms with E-state index in [-0.39, 0.29) is 0 Å². The van der Waals surface area contributed by atoms with Crippen molar-refractivity contribution in [2.24, 2.45) is 0 Å².